The molecule has 0 aromatic heterocycles. The first kappa shape index (κ1) is 11.9. The Labute approximate surface area is 75.9 Å². The Morgan fingerprint density at radius 3 is 2.17 bits per heavy atom. The van der Waals surface area contributed by atoms with Gasteiger partial charge in [-0.05, 0) is 13.0 Å². The second-order valence-corrected chi connectivity index (χ2v) is 3.25. The molecule has 3 heteroatoms. The van der Waals surface area contributed by atoms with E-state index in [0.29, 0.717) is 0 Å². The van der Waals surface area contributed by atoms with Crippen molar-refractivity contribution >= 4 is 0 Å². The van der Waals surface area contributed by atoms with E-state index in [9.17, 15) is 0 Å². The van der Waals surface area contributed by atoms with Crippen LogP contribution in [0.15, 0.2) is 0 Å². The van der Waals surface area contributed by atoms with E-state index >= 15 is 0 Å². The Balaban J connectivity index is 2.82. The van der Waals surface area contributed by atoms with Gasteiger partial charge < -0.3 is 11.5 Å². The Hall–Kier alpha value is -0.120. The molecule has 0 atom stereocenters. The first-order valence-corrected chi connectivity index (χ1v) is 5.02. The van der Waals surface area contributed by atoms with Crippen molar-refractivity contribution in [2.24, 2.45) is 11.5 Å². The maximum Gasteiger partial charge on any atom is 0.106 e. The van der Waals surface area contributed by atoms with Crippen molar-refractivity contribution in [1.82, 2.24) is 5.32 Å². The van der Waals surface area contributed by atoms with Crippen LogP contribution in [0.2, 0.25) is 0 Å². The Kier molecular flexibility index (Phi) is 8.88. The largest absolute Gasteiger partial charge is 0.304 e. The number of hydrogen-bond acceptors (Lipinski definition) is 3. The zero-order chi connectivity index (χ0) is 9.23. The summed E-state index contributed by atoms with van der Waals surface area (Å²) >= 11 is 0. The summed E-state index contributed by atoms with van der Waals surface area (Å²) in [6.07, 6.45) is 7.52. The summed E-state index contributed by atoms with van der Waals surface area (Å²) in [5, 5.41) is 2.99. The van der Waals surface area contributed by atoms with Gasteiger partial charge in [0.25, 0.3) is 0 Å². The quantitative estimate of drug-likeness (QED) is 0.381. The van der Waals surface area contributed by atoms with Crippen molar-refractivity contribution in [2.75, 3.05) is 6.54 Å². The highest BCUT2D eigenvalue weighted by atomic mass is 15.1. The molecule has 0 unspecified atom stereocenters. The third kappa shape index (κ3) is 9.88. The van der Waals surface area contributed by atoms with Crippen LogP contribution in [0.3, 0.4) is 0 Å². The zero-order valence-electron chi connectivity index (χ0n) is 8.18. The van der Waals surface area contributed by atoms with Gasteiger partial charge in [0.15, 0.2) is 0 Å². The molecule has 0 radical (unpaired) electrons. The number of nitrogens with one attached hydrogen (secondary N) is 1. The molecule has 0 aliphatic rings. The molecule has 0 spiro atoms. The van der Waals surface area contributed by atoms with E-state index in [1.165, 1.54) is 38.5 Å². The monoisotopic (exact) mass is 173 g/mol. The van der Waals surface area contributed by atoms with Gasteiger partial charge in [-0.2, -0.15) is 0 Å². The average Bonchev–Trinajstić information content (AvgIpc) is 2.02. The fraction of sp³-hybridized carbons (Fsp3) is 1.00. The minimum atomic E-state index is -0.347. The molecule has 0 aliphatic heterocycles. The third-order valence-corrected chi connectivity index (χ3v) is 1.91. The number of unbranched alkanes of at least 4 members (excludes halogenated alkanes) is 5. The predicted octanol–water partition coefficient (Wildman–Crippen LogP) is 1.14. The predicted molar refractivity (Wildman–Crippen MR) is 53.5 cm³/mol. The van der Waals surface area contributed by atoms with Crippen molar-refractivity contribution in [2.45, 2.75) is 51.7 Å². The van der Waals surface area contributed by atoms with Crippen LogP contribution in [0.25, 0.3) is 0 Å². The fourth-order valence-electron chi connectivity index (χ4n) is 1.17. The first-order chi connectivity index (χ1) is 5.77. The SMILES string of the molecule is CCCCCCCCNC(N)N. The van der Waals surface area contributed by atoms with Gasteiger partial charge in [-0.25, -0.2) is 0 Å². The van der Waals surface area contributed by atoms with Gasteiger partial charge in [0.05, 0.1) is 0 Å². The summed E-state index contributed by atoms with van der Waals surface area (Å²) < 4.78 is 0. The average molecular weight is 173 g/mol. The van der Waals surface area contributed by atoms with Crippen molar-refractivity contribution in [3.05, 3.63) is 0 Å². The Morgan fingerprint density at radius 1 is 1.00 bits per heavy atom. The fourth-order valence-corrected chi connectivity index (χ4v) is 1.17. The maximum atomic E-state index is 5.32. The minimum absolute atomic E-state index is 0.347. The van der Waals surface area contributed by atoms with E-state index in [-0.39, 0.29) is 6.29 Å². The molecule has 0 aromatic carbocycles. The van der Waals surface area contributed by atoms with E-state index in [1.54, 1.807) is 0 Å². The van der Waals surface area contributed by atoms with Crippen LogP contribution in [-0.4, -0.2) is 12.8 Å². The van der Waals surface area contributed by atoms with Crippen LogP contribution in [0, 0.1) is 0 Å². The van der Waals surface area contributed by atoms with Crippen LogP contribution < -0.4 is 16.8 Å². The van der Waals surface area contributed by atoms with Crippen LogP contribution >= 0.6 is 0 Å². The van der Waals surface area contributed by atoms with Gasteiger partial charge >= 0.3 is 0 Å². The molecule has 12 heavy (non-hydrogen) atoms. The lowest BCUT2D eigenvalue weighted by molar-refractivity contribution is 0.510. The standard InChI is InChI=1S/C9H23N3/c1-2-3-4-5-6-7-8-12-9(10)11/h9,12H,2-8,10-11H2,1H3. The zero-order valence-corrected chi connectivity index (χ0v) is 8.18. The van der Waals surface area contributed by atoms with Gasteiger partial charge in [-0.3, -0.25) is 5.32 Å². The van der Waals surface area contributed by atoms with Gasteiger partial charge in [0, 0.05) is 0 Å². The molecule has 0 fully saturated rings. The van der Waals surface area contributed by atoms with Crippen molar-refractivity contribution in [3.8, 4) is 0 Å². The molecule has 0 saturated carbocycles. The molecule has 5 N–H and O–H groups in total. The molecule has 0 aromatic rings. The summed E-state index contributed by atoms with van der Waals surface area (Å²) in [6.45, 7) is 3.18. The molecule has 0 amide bonds. The normalized spacial score (nSPS) is 11.0. The van der Waals surface area contributed by atoms with Gasteiger partial charge in [0.2, 0.25) is 0 Å². The lowest BCUT2D eigenvalue weighted by Crippen LogP contribution is -2.45. The van der Waals surface area contributed by atoms with Gasteiger partial charge in [0.1, 0.15) is 6.29 Å². The van der Waals surface area contributed by atoms with E-state index < -0.39 is 0 Å². The molecular weight excluding hydrogens is 150 g/mol. The minimum Gasteiger partial charge on any atom is -0.304 e. The first-order valence-electron chi connectivity index (χ1n) is 5.02. The van der Waals surface area contributed by atoms with E-state index in [2.05, 4.69) is 12.2 Å². The number of hydrogen-bond donors (Lipinski definition) is 3. The molecule has 0 saturated heterocycles. The summed E-state index contributed by atoms with van der Waals surface area (Å²) in [5.74, 6) is 0. The van der Waals surface area contributed by atoms with Gasteiger partial charge in [-0.1, -0.05) is 39.0 Å². The number of nitrogens with two attached hydrogens (primary N) is 2. The number of rotatable bonds is 8. The highest BCUT2D eigenvalue weighted by molar-refractivity contribution is 4.50. The van der Waals surface area contributed by atoms with Crippen LogP contribution in [0.4, 0.5) is 0 Å². The molecule has 74 valence electrons. The van der Waals surface area contributed by atoms with Crippen molar-refractivity contribution in [3.63, 3.8) is 0 Å². The lowest BCUT2D eigenvalue weighted by Gasteiger charge is -2.07. The molecule has 3 nitrogen and oxygen atoms in total. The Morgan fingerprint density at radius 2 is 1.58 bits per heavy atom. The second kappa shape index (κ2) is 8.97. The molecule has 0 heterocycles. The van der Waals surface area contributed by atoms with E-state index in [4.69, 9.17) is 11.5 Å². The maximum absolute atomic E-state index is 5.32. The van der Waals surface area contributed by atoms with Crippen LogP contribution in [-0.2, 0) is 0 Å². The van der Waals surface area contributed by atoms with E-state index in [1.807, 2.05) is 0 Å². The third-order valence-electron chi connectivity index (χ3n) is 1.91. The summed E-state index contributed by atoms with van der Waals surface area (Å²) in [4.78, 5) is 0. The molecule has 0 aliphatic carbocycles. The summed E-state index contributed by atoms with van der Waals surface area (Å²) in [6, 6.07) is 0. The second-order valence-electron chi connectivity index (χ2n) is 3.25. The lowest BCUT2D eigenvalue weighted by atomic mass is 10.1. The van der Waals surface area contributed by atoms with Crippen LogP contribution in [0.1, 0.15) is 45.4 Å². The molecule has 0 bridgehead atoms. The van der Waals surface area contributed by atoms with E-state index in [0.717, 1.165) is 6.54 Å². The summed E-state index contributed by atoms with van der Waals surface area (Å²) in [5.41, 5.74) is 10.6. The van der Waals surface area contributed by atoms with Crippen molar-refractivity contribution < 1.29 is 0 Å². The highest BCUT2D eigenvalue weighted by Crippen LogP contribution is 2.03. The topological polar surface area (TPSA) is 64.1 Å². The molecular formula is C9H23N3. The Bertz CT molecular complexity index is 83.8. The summed E-state index contributed by atoms with van der Waals surface area (Å²) in [7, 11) is 0. The van der Waals surface area contributed by atoms with Crippen molar-refractivity contribution in [1.29, 1.82) is 0 Å². The molecule has 0 rings (SSSR count). The van der Waals surface area contributed by atoms with Crippen LogP contribution in [0.5, 0.6) is 0 Å². The van der Waals surface area contributed by atoms with Gasteiger partial charge in [-0.15, -0.1) is 0 Å². The highest BCUT2D eigenvalue weighted by Gasteiger charge is 1.92. The smallest absolute Gasteiger partial charge is 0.106 e.